The number of para-hydroxylation sites is 1. The van der Waals surface area contributed by atoms with Crippen LogP contribution in [0.2, 0.25) is 0 Å². The summed E-state index contributed by atoms with van der Waals surface area (Å²) < 4.78 is 40.8. The van der Waals surface area contributed by atoms with Crippen molar-refractivity contribution >= 4 is 51.6 Å². The first-order valence-electron chi connectivity index (χ1n) is 23.7. The molecule has 2 N–H and O–H groups in total. The van der Waals surface area contributed by atoms with Crippen LogP contribution in [0.4, 0.5) is 26.0 Å². The van der Waals surface area contributed by atoms with Crippen molar-refractivity contribution in [1.82, 2.24) is 48.6 Å². The Labute approximate surface area is 379 Å². The van der Waals surface area contributed by atoms with Gasteiger partial charge in [-0.3, -0.25) is 38.4 Å². The Balaban J connectivity index is 0.646. The van der Waals surface area contributed by atoms with E-state index in [1.165, 1.54) is 10.7 Å². The van der Waals surface area contributed by atoms with E-state index in [4.69, 9.17) is 9.72 Å². The second-order valence-electron chi connectivity index (χ2n) is 19.3. The van der Waals surface area contributed by atoms with E-state index in [0.717, 1.165) is 121 Å². The summed E-state index contributed by atoms with van der Waals surface area (Å²) in [5.74, 6) is 0.625. The zero-order valence-electron chi connectivity index (χ0n) is 37.2. The van der Waals surface area contributed by atoms with Crippen molar-refractivity contribution in [1.29, 1.82) is 0 Å². The van der Waals surface area contributed by atoms with Gasteiger partial charge in [0, 0.05) is 71.7 Å². The predicted octanol–water partition coefficient (Wildman–Crippen LogP) is 3.99. The van der Waals surface area contributed by atoms with E-state index in [9.17, 15) is 28.0 Å². The second-order valence-corrected chi connectivity index (χ2v) is 19.3. The molecule has 20 heteroatoms. The van der Waals surface area contributed by atoms with Crippen molar-refractivity contribution in [2.45, 2.75) is 88.4 Å². The number of nitrogens with zero attached hydrogens (tertiary/aromatic N) is 11. The number of carbonyl (C=O) groups is 3. The number of piperidine rings is 2. The van der Waals surface area contributed by atoms with Crippen LogP contribution in [0.1, 0.15) is 92.3 Å². The lowest BCUT2D eigenvalue weighted by Gasteiger charge is -2.40. The summed E-state index contributed by atoms with van der Waals surface area (Å²) in [6.07, 6.45) is 9.53. The Bertz CT molecular complexity index is 2710. The smallest absolute Gasteiger partial charge is 0.329 e. The average molecular weight is 910 g/mol. The Morgan fingerprint density at radius 2 is 1.68 bits per heavy atom. The fourth-order valence-corrected chi connectivity index (χ4v) is 11.6. The molecule has 5 saturated heterocycles. The van der Waals surface area contributed by atoms with Crippen LogP contribution in [0, 0.1) is 11.8 Å². The van der Waals surface area contributed by atoms with Crippen LogP contribution in [0.5, 0.6) is 0 Å². The highest BCUT2D eigenvalue weighted by molar-refractivity contribution is 6.08. The molecule has 3 amide bonds. The molecule has 6 fully saturated rings. The van der Waals surface area contributed by atoms with E-state index in [0.29, 0.717) is 36.0 Å². The number of hydrogen-bond donors (Lipinski definition) is 2. The number of benzene rings is 1. The van der Waals surface area contributed by atoms with Crippen molar-refractivity contribution in [2.24, 2.45) is 18.9 Å². The maximum atomic E-state index is 14.3. The molecule has 0 radical (unpaired) electrons. The fraction of sp³-hybridized carbons (Fsp3) is 0.587. The summed E-state index contributed by atoms with van der Waals surface area (Å²) in [6.45, 7) is 9.20. The summed E-state index contributed by atoms with van der Waals surface area (Å²) in [4.78, 5) is 66.0. The maximum absolute atomic E-state index is 14.3. The van der Waals surface area contributed by atoms with Gasteiger partial charge in [-0.25, -0.2) is 23.1 Å². The number of imidazole rings is 1. The molecule has 66 heavy (non-hydrogen) atoms. The molecule has 1 aromatic carbocycles. The second kappa shape index (κ2) is 17.5. The third kappa shape index (κ3) is 8.03. The van der Waals surface area contributed by atoms with Crippen LogP contribution in [0.25, 0.3) is 16.7 Å². The number of morpholine rings is 1. The van der Waals surface area contributed by atoms with Gasteiger partial charge < -0.3 is 24.8 Å². The lowest BCUT2D eigenvalue weighted by molar-refractivity contribution is -0.135. The molecule has 0 spiro atoms. The van der Waals surface area contributed by atoms with Crippen molar-refractivity contribution in [2.75, 3.05) is 80.6 Å². The molecule has 1 saturated carbocycles. The van der Waals surface area contributed by atoms with Gasteiger partial charge in [-0.05, 0) is 94.5 Å². The predicted molar refractivity (Wildman–Crippen MR) is 241 cm³/mol. The minimum atomic E-state index is -2.85. The summed E-state index contributed by atoms with van der Waals surface area (Å²) in [5, 5.41) is 13.7. The largest absolute Gasteiger partial charge is 0.374 e. The van der Waals surface area contributed by atoms with Crippen LogP contribution in [0.3, 0.4) is 0 Å². The van der Waals surface area contributed by atoms with Gasteiger partial charge in [0.2, 0.25) is 11.8 Å². The molecule has 1 aliphatic carbocycles. The summed E-state index contributed by atoms with van der Waals surface area (Å²) >= 11 is 0. The van der Waals surface area contributed by atoms with E-state index >= 15 is 0 Å². The first-order chi connectivity index (χ1) is 32.0. The van der Waals surface area contributed by atoms with E-state index < -0.39 is 30.0 Å². The van der Waals surface area contributed by atoms with Gasteiger partial charge >= 0.3 is 5.69 Å². The summed E-state index contributed by atoms with van der Waals surface area (Å²) in [5.41, 5.74) is 2.41. The molecule has 2 bridgehead atoms. The highest BCUT2D eigenvalue weighted by Gasteiger charge is 2.40. The van der Waals surface area contributed by atoms with E-state index in [1.54, 1.807) is 33.3 Å². The lowest BCUT2D eigenvalue weighted by Crippen LogP contribution is -2.49. The highest BCUT2D eigenvalue weighted by Crippen LogP contribution is 2.37. The minimum absolute atomic E-state index is 0.0105. The number of likely N-dealkylation sites (tertiary alicyclic amines) is 1. The molecule has 18 nitrogen and oxygen atoms in total. The third-order valence-corrected chi connectivity index (χ3v) is 15.3. The van der Waals surface area contributed by atoms with E-state index in [2.05, 4.69) is 46.5 Å². The Morgan fingerprint density at radius 1 is 0.924 bits per heavy atom. The minimum Gasteiger partial charge on any atom is -0.374 e. The van der Waals surface area contributed by atoms with Crippen molar-refractivity contribution in [3.8, 4) is 0 Å². The van der Waals surface area contributed by atoms with Gasteiger partial charge in [0.1, 0.15) is 17.4 Å². The average Bonchev–Trinajstić information content (AvgIpc) is 4.18. The van der Waals surface area contributed by atoms with Gasteiger partial charge in [0.25, 0.3) is 12.3 Å². The monoisotopic (exact) mass is 909 g/mol. The molecule has 6 aliphatic rings. The number of hydrogen-bond acceptors (Lipinski definition) is 12. The number of rotatable bonds is 11. The number of fused-ring (bicyclic) bond motifs is 4. The van der Waals surface area contributed by atoms with Gasteiger partial charge in [-0.15, -0.1) is 0 Å². The highest BCUT2D eigenvalue weighted by atomic mass is 19.3. The number of nitrogens with one attached hydrogen (secondary N) is 2. The van der Waals surface area contributed by atoms with Gasteiger partial charge in [0.15, 0.2) is 11.3 Å². The zero-order valence-corrected chi connectivity index (χ0v) is 37.2. The fourth-order valence-electron chi connectivity index (χ4n) is 11.6. The topological polar surface area (TPSA) is 172 Å². The first-order valence-corrected chi connectivity index (χ1v) is 23.7. The number of anilines is 3. The number of halogens is 2. The van der Waals surface area contributed by atoms with Crippen molar-refractivity contribution in [3.63, 3.8) is 0 Å². The van der Waals surface area contributed by atoms with Gasteiger partial charge in [-0.1, -0.05) is 6.07 Å². The maximum Gasteiger partial charge on any atom is 0.329 e. The van der Waals surface area contributed by atoms with Crippen LogP contribution in [0.15, 0.2) is 47.7 Å². The van der Waals surface area contributed by atoms with E-state index in [1.807, 2.05) is 18.2 Å². The molecular formula is C46H57F2N13O5. The van der Waals surface area contributed by atoms with E-state index in [-0.39, 0.29) is 47.5 Å². The standard InChI is InChI=1S/C46H57F2N13O5/c1-54-41-35(3-2-4-36(41)61(46(54)65)37-9-10-39(62)52-45(37)64)57-19-17-56(18-20-57)24-29-11-14-55(15-12-29)23-28-5-7-30(8-6-28)60-26-34(40(53-60)42(47)48)50-44(63)33-22-49-59-16-13-38(51-43(33)59)58-25-32-21-31(58)27-66-32/h2-4,13,16,22,26,28-32,37,42H,5-12,14-15,17-21,23-25,27H2,1H3,(H,50,63)(H,52,62,64)/t28?,30?,31-,32-,37?/m0/s1. The molecule has 4 aromatic heterocycles. The SMILES string of the molecule is Cn1c(=O)n(C2CCC(=O)NC2=O)c2cccc(N3CCN(CC4CCN(CC5CCC(n6cc(NC(=O)c7cnn8ccc(N9C[C@@H]%10C[C@H]9CO%10)nc78)c(C(F)F)n6)CC5)CC4)CC3)c21. The van der Waals surface area contributed by atoms with Crippen LogP contribution in [-0.2, 0) is 21.4 Å². The number of imide groups is 1. The Morgan fingerprint density at radius 3 is 2.39 bits per heavy atom. The zero-order chi connectivity index (χ0) is 45.2. The third-order valence-electron chi connectivity index (χ3n) is 15.3. The Kier molecular flexibility index (Phi) is 11.4. The summed E-state index contributed by atoms with van der Waals surface area (Å²) in [6, 6.07) is 7.28. The molecule has 5 aliphatic heterocycles. The molecular weight excluding hydrogens is 853 g/mol. The number of carbonyl (C=O) groups excluding carboxylic acids is 3. The van der Waals surface area contributed by atoms with Gasteiger partial charge in [-0.2, -0.15) is 10.2 Å². The van der Waals surface area contributed by atoms with Crippen LogP contribution >= 0.6 is 0 Å². The molecule has 9 heterocycles. The van der Waals surface area contributed by atoms with Crippen molar-refractivity contribution < 1.29 is 27.9 Å². The molecule has 11 rings (SSSR count). The van der Waals surface area contributed by atoms with Crippen LogP contribution < -0.4 is 26.1 Å². The normalized spacial score (nSPS) is 25.8. The quantitative estimate of drug-likeness (QED) is 0.183. The molecule has 5 aromatic rings. The van der Waals surface area contributed by atoms with Crippen molar-refractivity contribution in [3.05, 3.63) is 64.6 Å². The molecule has 3 atom stereocenters. The number of piperazine rings is 1. The number of alkyl halides is 2. The number of aryl methyl sites for hydroxylation is 1. The first kappa shape index (κ1) is 42.9. The lowest BCUT2D eigenvalue weighted by atomic mass is 9.85. The van der Waals surface area contributed by atoms with Crippen LogP contribution in [-0.4, -0.2) is 139 Å². The van der Waals surface area contributed by atoms with Gasteiger partial charge in [0.05, 0.1) is 53.4 Å². The number of ether oxygens (including phenoxy) is 1. The number of aromatic nitrogens is 7. The summed E-state index contributed by atoms with van der Waals surface area (Å²) in [7, 11) is 1.75. The number of amides is 3. The molecule has 350 valence electrons. The molecule has 1 unspecified atom stereocenters. The Hall–Kier alpha value is -5.73.